The lowest BCUT2D eigenvalue weighted by Crippen LogP contribution is -2.12. The van der Waals surface area contributed by atoms with Gasteiger partial charge in [0.15, 0.2) is 5.13 Å². The molecule has 0 bridgehead atoms. The zero-order chi connectivity index (χ0) is 13.9. The van der Waals surface area contributed by atoms with Crippen LogP contribution in [0, 0.1) is 5.92 Å². The molecule has 1 fully saturated rings. The Morgan fingerprint density at radius 3 is 2.80 bits per heavy atom. The first-order valence-electron chi connectivity index (χ1n) is 6.76. The Hall–Kier alpha value is -1.88. The molecule has 1 heterocycles. The molecule has 0 spiro atoms. The molecule has 2 aromatic rings. The van der Waals surface area contributed by atoms with Crippen LogP contribution in [0.15, 0.2) is 29.6 Å². The van der Waals surface area contributed by atoms with Gasteiger partial charge >= 0.3 is 0 Å². The van der Waals surface area contributed by atoms with Crippen molar-refractivity contribution in [3.8, 4) is 17.0 Å². The number of hydrogen-bond donors (Lipinski definition) is 1. The second-order valence-corrected chi connectivity index (χ2v) is 5.62. The monoisotopic (exact) mass is 288 g/mol. The summed E-state index contributed by atoms with van der Waals surface area (Å²) in [7, 11) is 0. The Labute approximate surface area is 121 Å². The largest absolute Gasteiger partial charge is 0.494 e. The van der Waals surface area contributed by atoms with Crippen molar-refractivity contribution in [2.45, 2.75) is 19.8 Å². The van der Waals surface area contributed by atoms with E-state index in [1.165, 1.54) is 11.3 Å². The molecular formula is C15H16N2O2S. The third kappa shape index (κ3) is 2.99. The van der Waals surface area contributed by atoms with E-state index in [0.29, 0.717) is 11.7 Å². The van der Waals surface area contributed by atoms with Crippen molar-refractivity contribution >= 4 is 22.4 Å². The van der Waals surface area contributed by atoms with Gasteiger partial charge in [-0.25, -0.2) is 4.98 Å². The predicted octanol–water partition coefficient (Wildman–Crippen LogP) is 3.56. The van der Waals surface area contributed by atoms with E-state index in [-0.39, 0.29) is 11.8 Å². The van der Waals surface area contributed by atoms with E-state index in [1.807, 2.05) is 36.6 Å². The number of ether oxygens (including phenoxy) is 1. The summed E-state index contributed by atoms with van der Waals surface area (Å²) in [6.07, 6.45) is 2.01. The van der Waals surface area contributed by atoms with Crippen molar-refractivity contribution in [1.82, 2.24) is 4.98 Å². The zero-order valence-electron chi connectivity index (χ0n) is 11.3. The van der Waals surface area contributed by atoms with E-state index in [1.54, 1.807) is 0 Å². The van der Waals surface area contributed by atoms with Crippen LogP contribution in [0.2, 0.25) is 0 Å². The topological polar surface area (TPSA) is 51.2 Å². The van der Waals surface area contributed by atoms with Gasteiger partial charge in [-0.05, 0) is 44.0 Å². The van der Waals surface area contributed by atoms with Crippen molar-refractivity contribution in [1.29, 1.82) is 0 Å². The standard InChI is InChI=1S/C15H16N2O2S/c1-2-19-12-7-5-10(6-8-12)13-9-20-15(16-13)17-14(18)11-3-4-11/h5-9,11H,2-4H2,1H3,(H,16,17,18). The van der Waals surface area contributed by atoms with Gasteiger partial charge in [-0.15, -0.1) is 11.3 Å². The van der Waals surface area contributed by atoms with Gasteiger partial charge in [0.05, 0.1) is 12.3 Å². The minimum Gasteiger partial charge on any atom is -0.494 e. The molecule has 20 heavy (non-hydrogen) atoms. The summed E-state index contributed by atoms with van der Waals surface area (Å²) in [5, 5.41) is 5.50. The van der Waals surface area contributed by atoms with Gasteiger partial charge in [-0.2, -0.15) is 0 Å². The van der Waals surface area contributed by atoms with Crippen molar-refractivity contribution < 1.29 is 9.53 Å². The smallest absolute Gasteiger partial charge is 0.229 e. The van der Waals surface area contributed by atoms with Crippen LogP contribution in [-0.2, 0) is 4.79 Å². The number of nitrogens with one attached hydrogen (secondary N) is 1. The van der Waals surface area contributed by atoms with Crippen molar-refractivity contribution in [2.24, 2.45) is 5.92 Å². The van der Waals surface area contributed by atoms with Crippen molar-refractivity contribution in [3.63, 3.8) is 0 Å². The Kier molecular flexibility index (Phi) is 3.69. The van der Waals surface area contributed by atoms with Crippen LogP contribution >= 0.6 is 11.3 Å². The molecule has 0 radical (unpaired) electrons. The summed E-state index contributed by atoms with van der Waals surface area (Å²) < 4.78 is 5.41. The quantitative estimate of drug-likeness (QED) is 0.915. The number of carbonyl (C=O) groups excluding carboxylic acids is 1. The van der Waals surface area contributed by atoms with Gasteiger partial charge in [0.25, 0.3) is 0 Å². The number of benzene rings is 1. The fourth-order valence-corrected chi connectivity index (χ4v) is 2.63. The number of anilines is 1. The summed E-state index contributed by atoms with van der Waals surface area (Å²) >= 11 is 1.46. The maximum atomic E-state index is 11.7. The fraction of sp³-hybridized carbons (Fsp3) is 0.333. The maximum Gasteiger partial charge on any atom is 0.229 e. The SMILES string of the molecule is CCOc1ccc(-c2csc(NC(=O)C3CC3)n2)cc1. The Bertz CT molecular complexity index is 603. The highest BCUT2D eigenvalue weighted by Crippen LogP contribution is 2.32. The highest BCUT2D eigenvalue weighted by molar-refractivity contribution is 7.14. The van der Waals surface area contributed by atoms with E-state index in [2.05, 4.69) is 10.3 Å². The molecule has 1 aromatic carbocycles. The second kappa shape index (κ2) is 5.63. The molecule has 4 nitrogen and oxygen atoms in total. The van der Waals surface area contributed by atoms with Crippen LogP contribution in [0.25, 0.3) is 11.3 Å². The van der Waals surface area contributed by atoms with Crippen LogP contribution in [0.3, 0.4) is 0 Å². The Morgan fingerprint density at radius 2 is 2.15 bits per heavy atom. The lowest BCUT2D eigenvalue weighted by molar-refractivity contribution is -0.117. The van der Waals surface area contributed by atoms with E-state index in [9.17, 15) is 4.79 Å². The van der Waals surface area contributed by atoms with Crippen molar-refractivity contribution in [3.05, 3.63) is 29.6 Å². The number of carbonyl (C=O) groups is 1. The van der Waals surface area contributed by atoms with Gasteiger partial charge in [0, 0.05) is 16.9 Å². The predicted molar refractivity (Wildman–Crippen MR) is 80.1 cm³/mol. The molecule has 1 aliphatic rings. The molecule has 1 aliphatic carbocycles. The average molecular weight is 288 g/mol. The third-order valence-electron chi connectivity index (χ3n) is 3.14. The van der Waals surface area contributed by atoms with E-state index in [0.717, 1.165) is 29.8 Å². The first-order chi connectivity index (χ1) is 9.76. The van der Waals surface area contributed by atoms with Gasteiger partial charge in [0.1, 0.15) is 5.75 Å². The molecule has 5 heteroatoms. The molecule has 0 atom stereocenters. The Balaban J connectivity index is 1.70. The summed E-state index contributed by atoms with van der Waals surface area (Å²) in [6, 6.07) is 7.82. The molecular weight excluding hydrogens is 272 g/mol. The molecule has 0 unspecified atom stereocenters. The van der Waals surface area contributed by atoms with Gasteiger partial charge in [0.2, 0.25) is 5.91 Å². The van der Waals surface area contributed by atoms with Gasteiger partial charge in [-0.1, -0.05) is 0 Å². The normalized spacial score (nSPS) is 14.1. The van der Waals surface area contributed by atoms with Crippen molar-refractivity contribution in [2.75, 3.05) is 11.9 Å². The summed E-state index contributed by atoms with van der Waals surface area (Å²) in [4.78, 5) is 16.1. The molecule has 1 amide bonds. The molecule has 0 saturated heterocycles. The van der Waals surface area contributed by atoms with Crippen LogP contribution in [0.5, 0.6) is 5.75 Å². The van der Waals surface area contributed by atoms with Gasteiger partial charge < -0.3 is 10.1 Å². The minimum atomic E-state index is 0.0950. The van der Waals surface area contributed by atoms with Crippen LogP contribution in [0.4, 0.5) is 5.13 Å². The molecule has 3 rings (SSSR count). The maximum absolute atomic E-state index is 11.7. The minimum absolute atomic E-state index is 0.0950. The summed E-state index contributed by atoms with van der Waals surface area (Å²) in [6.45, 7) is 2.62. The molecule has 104 valence electrons. The molecule has 1 N–H and O–H groups in total. The van der Waals surface area contributed by atoms with E-state index >= 15 is 0 Å². The summed E-state index contributed by atoms with van der Waals surface area (Å²) in [5.74, 6) is 1.15. The number of thiazole rings is 1. The zero-order valence-corrected chi connectivity index (χ0v) is 12.1. The first kappa shape index (κ1) is 13.1. The highest BCUT2D eigenvalue weighted by atomic mass is 32.1. The van der Waals surface area contributed by atoms with Crippen LogP contribution in [-0.4, -0.2) is 17.5 Å². The molecule has 0 aliphatic heterocycles. The molecule has 1 saturated carbocycles. The van der Waals surface area contributed by atoms with Gasteiger partial charge in [-0.3, -0.25) is 4.79 Å². The lowest BCUT2D eigenvalue weighted by Gasteiger charge is -2.03. The highest BCUT2D eigenvalue weighted by Gasteiger charge is 2.30. The van der Waals surface area contributed by atoms with Crippen LogP contribution < -0.4 is 10.1 Å². The molecule has 1 aromatic heterocycles. The Morgan fingerprint density at radius 1 is 1.40 bits per heavy atom. The number of nitrogens with zero attached hydrogens (tertiary/aromatic N) is 1. The third-order valence-corrected chi connectivity index (χ3v) is 3.90. The van der Waals surface area contributed by atoms with E-state index < -0.39 is 0 Å². The summed E-state index contributed by atoms with van der Waals surface area (Å²) in [5.41, 5.74) is 1.90. The fourth-order valence-electron chi connectivity index (χ4n) is 1.91. The first-order valence-corrected chi connectivity index (χ1v) is 7.64. The van der Waals surface area contributed by atoms with E-state index in [4.69, 9.17) is 4.74 Å². The van der Waals surface area contributed by atoms with Crippen LogP contribution in [0.1, 0.15) is 19.8 Å². The number of hydrogen-bond acceptors (Lipinski definition) is 4. The average Bonchev–Trinajstić information content (AvgIpc) is 3.21. The number of aromatic nitrogens is 1. The number of amides is 1. The lowest BCUT2D eigenvalue weighted by atomic mass is 10.2. The second-order valence-electron chi connectivity index (χ2n) is 4.76. The number of rotatable bonds is 5.